The van der Waals surface area contributed by atoms with Gasteiger partial charge in [-0.25, -0.2) is 4.79 Å². The molecule has 20 heavy (non-hydrogen) atoms. The average molecular weight is 273 g/mol. The molecule has 0 spiro atoms. The van der Waals surface area contributed by atoms with Gasteiger partial charge in [0.25, 0.3) is 0 Å². The van der Waals surface area contributed by atoms with Crippen molar-refractivity contribution in [2.75, 3.05) is 0 Å². The van der Waals surface area contributed by atoms with Gasteiger partial charge < -0.3 is 20.0 Å². The molecular formula is C15H19N3O2. The van der Waals surface area contributed by atoms with Gasteiger partial charge in [-0.3, -0.25) is 0 Å². The lowest BCUT2D eigenvalue weighted by atomic mass is 9.94. The van der Waals surface area contributed by atoms with Gasteiger partial charge in [0.05, 0.1) is 23.2 Å². The second kappa shape index (κ2) is 4.46. The van der Waals surface area contributed by atoms with E-state index in [1.54, 1.807) is 0 Å². The van der Waals surface area contributed by atoms with Crippen LogP contribution in [0.15, 0.2) is 23.0 Å². The topological polar surface area (TPSA) is 69.9 Å². The first-order valence-corrected chi connectivity index (χ1v) is 7.32. The largest absolute Gasteiger partial charge is 0.373 e. The number of aromatic amines is 2. The molecule has 3 N–H and O–H groups in total. The lowest BCUT2D eigenvalue weighted by Crippen LogP contribution is -2.38. The predicted octanol–water partition coefficient (Wildman–Crippen LogP) is 1.83. The third-order valence-electron chi connectivity index (χ3n) is 4.61. The number of aromatic nitrogens is 2. The molecule has 5 heteroatoms. The van der Waals surface area contributed by atoms with Crippen molar-refractivity contribution in [3.8, 4) is 0 Å². The van der Waals surface area contributed by atoms with Crippen LogP contribution in [0.1, 0.15) is 37.8 Å². The maximum atomic E-state index is 11.3. The molecule has 4 rings (SSSR count). The third-order valence-corrected chi connectivity index (χ3v) is 4.61. The van der Waals surface area contributed by atoms with Gasteiger partial charge >= 0.3 is 5.69 Å². The summed E-state index contributed by atoms with van der Waals surface area (Å²) in [7, 11) is 0. The number of nitrogens with one attached hydrogen (secondary N) is 3. The first kappa shape index (κ1) is 12.2. The predicted molar refractivity (Wildman–Crippen MR) is 76.8 cm³/mol. The van der Waals surface area contributed by atoms with E-state index in [2.05, 4.69) is 28.3 Å². The van der Waals surface area contributed by atoms with Gasteiger partial charge in [0.1, 0.15) is 0 Å². The molecule has 4 atom stereocenters. The van der Waals surface area contributed by atoms with Crippen LogP contribution in [0, 0.1) is 0 Å². The second-order valence-electron chi connectivity index (χ2n) is 5.99. The summed E-state index contributed by atoms with van der Waals surface area (Å²) in [5, 5.41) is 3.67. The highest BCUT2D eigenvalue weighted by molar-refractivity contribution is 5.75. The van der Waals surface area contributed by atoms with Gasteiger partial charge in [0.2, 0.25) is 0 Å². The van der Waals surface area contributed by atoms with E-state index in [-0.39, 0.29) is 11.7 Å². The number of benzene rings is 1. The van der Waals surface area contributed by atoms with Crippen LogP contribution in [-0.2, 0) is 4.74 Å². The maximum absolute atomic E-state index is 11.3. The Hall–Kier alpha value is -1.59. The molecule has 4 unspecified atom stereocenters. The minimum atomic E-state index is -0.153. The van der Waals surface area contributed by atoms with Crippen LogP contribution in [0.5, 0.6) is 0 Å². The molecule has 3 heterocycles. The highest BCUT2D eigenvalue weighted by Gasteiger charge is 2.40. The monoisotopic (exact) mass is 273 g/mol. The Morgan fingerprint density at radius 1 is 1.30 bits per heavy atom. The van der Waals surface area contributed by atoms with Crippen LogP contribution in [0.25, 0.3) is 11.0 Å². The van der Waals surface area contributed by atoms with E-state index in [0.717, 1.165) is 17.5 Å². The van der Waals surface area contributed by atoms with Crippen LogP contribution in [0.3, 0.4) is 0 Å². The number of imidazole rings is 1. The molecule has 5 nitrogen and oxygen atoms in total. The van der Waals surface area contributed by atoms with E-state index >= 15 is 0 Å². The Labute approximate surface area is 116 Å². The standard InChI is InChI=1S/C15H19N3O2/c1-8(16-13-7-10-3-5-14(13)20-10)9-2-4-11-12(6-9)18-15(19)17-11/h2,4,6,8,10,13-14,16H,3,5,7H2,1H3,(H2,17,18,19). The molecule has 0 radical (unpaired) electrons. The summed E-state index contributed by atoms with van der Waals surface area (Å²) in [5.41, 5.74) is 2.76. The molecule has 2 fully saturated rings. The first-order valence-electron chi connectivity index (χ1n) is 7.32. The third kappa shape index (κ3) is 1.98. The van der Waals surface area contributed by atoms with Crippen LogP contribution in [0.4, 0.5) is 0 Å². The highest BCUT2D eigenvalue weighted by Crippen LogP contribution is 2.35. The molecule has 1 aromatic carbocycles. The van der Waals surface area contributed by atoms with Crippen LogP contribution < -0.4 is 11.0 Å². The van der Waals surface area contributed by atoms with Crippen molar-refractivity contribution in [2.45, 2.75) is 50.5 Å². The molecule has 106 valence electrons. The van der Waals surface area contributed by atoms with Gasteiger partial charge in [-0.2, -0.15) is 0 Å². The first-order chi connectivity index (χ1) is 9.69. The number of H-pyrrole nitrogens is 2. The number of rotatable bonds is 3. The zero-order valence-electron chi connectivity index (χ0n) is 11.5. The van der Waals surface area contributed by atoms with Gasteiger partial charge in [-0.15, -0.1) is 0 Å². The summed E-state index contributed by atoms with van der Waals surface area (Å²) in [5.74, 6) is 0. The molecule has 0 aliphatic carbocycles. The normalized spacial score (nSPS) is 30.1. The number of fused-ring (bicyclic) bond motifs is 3. The van der Waals surface area contributed by atoms with Crippen molar-refractivity contribution in [3.05, 3.63) is 34.2 Å². The summed E-state index contributed by atoms with van der Waals surface area (Å²) >= 11 is 0. The molecule has 2 aromatic rings. The van der Waals surface area contributed by atoms with Gasteiger partial charge in [-0.05, 0) is 43.9 Å². The summed E-state index contributed by atoms with van der Waals surface area (Å²) in [4.78, 5) is 16.9. The Morgan fingerprint density at radius 2 is 2.15 bits per heavy atom. The molecule has 2 aliphatic heterocycles. The van der Waals surface area contributed by atoms with E-state index in [1.807, 2.05) is 12.1 Å². The Balaban J connectivity index is 1.54. The Bertz CT molecular complexity index is 690. The molecule has 2 saturated heterocycles. The fourth-order valence-electron chi connectivity index (χ4n) is 3.55. The summed E-state index contributed by atoms with van der Waals surface area (Å²) in [6, 6.07) is 6.78. The van der Waals surface area contributed by atoms with Crippen LogP contribution in [-0.4, -0.2) is 28.2 Å². The molecular weight excluding hydrogens is 254 g/mol. The van der Waals surface area contributed by atoms with Crippen molar-refractivity contribution in [3.63, 3.8) is 0 Å². The summed E-state index contributed by atoms with van der Waals surface area (Å²) in [6.45, 7) is 2.16. The number of hydrogen-bond acceptors (Lipinski definition) is 3. The lowest BCUT2D eigenvalue weighted by Gasteiger charge is -2.24. The SMILES string of the molecule is CC(NC1CC2CCC1O2)c1ccc2[nH]c(=O)[nH]c2c1. The van der Waals surface area contributed by atoms with Crippen molar-refractivity contribution < 1.29 is 4.74 Å². The molecule has 0 amide bonds. The molecule has 0 saturated carbocycles. The molecule has 1 aromatic heterocycles. The second-order valence-corrected chi connectivity index (χ2v) is 5.99. The minimum Gasteiger partial charge on any atom is -0.373 e. The van der Waals surface area contributed by atoms with Crippen LogP contribution >= 0.6 is 0 Å². The average Bonchev–Trinajstić information content (AvgIpc) is 3.10. The fourth-order valence-corrected chi connectivity index (χ4v) is 3.55. The van der Waals surface area contributed by atoms with Gasteiger partial charge in [0.15, 0.2) is 0 Å². The van der Waals surface area contributed by atoms with Crippen LogP contribution in [0.2, 0.25) is 0 Å². The quantitative estimate of drug-likeness (QED) is 0.799. The lowest BCUT2D eigenvalue weighted by molar-refractivity contribution is 0.0962. The smallest absolute Gasteiger partial charge is 0.323 e. The van der Waals surface area contributed by atoms with E-state index < -0.39 is 0 Å². The summed E-state index contributed by atoms with van der Waals surface area (Å²) < 4.78 is 5.88. The van der Waals surface area contributed by atoms with Gasteiger partial charge in [0, 0.05) is 12.1 Å². The fraction of sp³-hybridized carbons (Fsp3) is 0.533. The van der Waals surface area contributed by atoms with Crippen molar-refractivity contribution in [1.29, 1.82) is 0 Å². The van der Waals surface area contributed by atoms with E-state index in [9.17, 15) is 4.79 Å². The highest BCUT2D eigenvalue weighted by atomic mass is 16.5. The number of ether oxygens (including phenoxy) is 1. The number of hydrogen-bond donors (Lipinski definition) is 3. The van der Waals surface area contributed by atoms with Crippen molar-refractivity contribution >= 4 is 11.0 Å². The Kier molecular flexibility index (Phi) is 2.72. The van der Waals surface area contributed by atoms with Gasteiger partial charge in [-0.1, -0.05) is 6.07 Å². The molecule has 2 bridgehead atoms. The zero-order valence-corrected chi connectivity index (χ0v) is 11.5. The Morgan fingerprint density at radius 3 is 2.90 bits per heavy atom. The maximum Gasteiger partial charge on any atom is 0.323 e. The van der Waals surface area contributed by atoms with Crippen molar-refractivity contribution in [1.82, 2.24) is 15.3 Å². The van der Waals surface area contributed by atoms with E-state index in [0.29, 0.717) is 18.2 Å². The van der Waals surface area contributed by atoms with E-state index in [4.69, 9.17) is 4.74 Å². The van der Waals surface area contributed by atoms with E-state index in [1.165, 1.54) is 18.4 Å². The summed E-state index contributed by atoms with van der Waals surface area (Å²) in [6.07, 6.45) is 4.37. The van der Waals surface area contributed by atoms with Crippen molar-refractivity contribution in [2.24, 2.45) is 0 Å². The molecule has 2 aliphatic rings. The minimum absolute atomic E-state index is 0.153. The zero-order chi connectivity index (χ0) is 13.7.